The molecule has 13 nitrogen and oxygen atoms in total. The van der Waals surface area contributed by atoms with Crippen LogP contribution in [0, 0.1) is 11.8 Å². The average Bonchev–Trinajstić information content (AvgIpc) is 3.60. The molecule has 3 aliphatic heterocycles. The maximum atomic E-state index is 10.4. The number of ether oxygens (including phenoxy) is 7. The normalized spacial score (nSPS) is 32.9. The maximum Gasteiger partial charge on any atom is 0.229 e. The van der Waals surface area contributed by atoms with Crippen LogP contribution in [0.1, 0.15) is 28.9 Å². The summed E-state index contributed by atoms with van der Waals surface area (Å²) in [7, 11) is 4.34. The van der Waals surface area contributed by atoms with Gasteiger partial charge in [-0.25, -0.2) is 0 Å². The number of aromatic hydroxyl groups is 1. The fourth-order valence-corrected chi connectivity index (χ4v) is 5.84. The van der Waals surface area contributed by atoms with E-state index in [1.807, 2.05) is 0 Å². The Morgan fingerprint density at radius 3 is 1.80 bits per heavy atom. The molecular weight excluding hydrogens is 544 g/mol. The van der Waals surface area contributed by atoms with Crippen LogP contribution in [0.2, 0.25) is 0 Å². The summed E-state index contributed by atoms with van der Waals surface area (Å²) in [6.45, 7) is -0.275. The first-order valence-electron chi connectivity index (χ1n) is 13.2. The number of fused-ring (bicyclic) bond motifs is 1. The average molecular weight is 581 g/mol. The zero-order valence-corrected chi connectivity index (χ0v) is 22.9. The molecule has 0 aromatic heterocycles. The smallest absolute Gasteiger partial charge is 0.229 e. The van der Waals surface area contributed by atoms with Crippen molar-refractivity contribution in [3.05, 3.63) is 41.0 Å². The van der Waals surface area contributed by atoms with Gasteiger partial charge in [-0.1, -0.05) is 0 Å². The van der Waals surface area contributed by atoms with Crippen molar-refractivity contribution in [3.63, 3.8) is 0 Å². The molecule has 0 bridgehead atoms. The second kappa shape index (κ2) is 12.2. The quantitative estimate of drug-likeness (QED) is 0.236. The van der Waals surface area contributed by atoms with Crippen LogP contribution in [0.25, 0.3) is 0 Å². The van der Waals surface area contributed by atoms with Crippen molar-refractivity contribution < 1.29 is 63.8 Å². The third-order valence-corrected chi connectivity index (χ3v) is 8.05. The molecule has 3 saturated heterocycles. The molecule has 9 atom stereocenters. The number of rotatable bonds is 9. The van der Waals surface area contributed by atoms with Crippen molar-refractivity contribution in [1.29, 1.82) is 0 Å². The number of methoxy groups -OCH3 is 3. The van der Waals surface area contributed by atoms with Gasteiger partial charge < -0.3 is 63.8 Å². The number of aliphatic hydroxyl groups is 5. The third-order valence-electron chi connectivity index (χ3n) is 8.05. The standard InChI is InChI=1S/C28H36O13/c1-35-17-5-13(6-18(36-2)21(17)31)26-16-11-38-25(15(16)10-39-26)12-4-14(8-29)27(19(7-12)37-3)41-28-24(34)23(33)22(32)20(9-30)40-28/h4-7,15-16,20,22-26,28-34H,8-11H2,1-3H3/t15-,16-,20?,22?,23?,24?,25?,26?,28?/m0/s1. The van der Waals surface area contributed by atoms with Gasteiger partial charge in [-0.2, -0.15) is 0 Å². The van der Waals surface area contributed by atoms with Gasteiger partial charge in [0.1, 0.15) is 24.4 Å². The van der Waals surface area contributed by atoms with Crippen molar-refractivity contribution in [3.8, 4) is 28.7 Å². The van der Waals surface area contributed by atoms with E-state index < -0.39 is 50.0 Å². The molecule has 2 aromatic carbocycles. The summed E-state index contributed by atoms with van der Waals surface area (Å²) in [5, 5.41) is 60.7. The number of hydrogen-bond donors (Lipinski definition) is 6. The third kappa shape index (κ3) is 5.28. The maximum absolute atomic E-state index is 10.4. The Morgan fingerprint density at radius 1 is 0.756 bits per heavy atom. The Bertz CT molecular complexity index is 1170. The van der Waals surface area contributed by atoms with Gasteiger partial charge >= 0.3 is 0 Å². The van der Waals surface area contributed by atoms with E-state index in [4.69, 9.17) is 33.2 Å². The first-order chi connectivity index (χ1) is 19.8. The summed E-state index contributed by atoms with van der Waals surface area (Å²) in [6, 6.07) is 6.84. The zero-order valence-electron chi connectivity index (χ0n) is 22.9. The largest absolute Gasteiger partial charge is 0.502 e. The molecule has 226 valence electrons. The highest BCUT2D eigenvalue weighted by Crippen LogP contribution is 2.53. The lowest BCUT2D eigenvalue weighted by molar-refractivity contribution is -0.277. The number of hydrogen-bond acceptors (Lipinski definition) is 13. The fraction of sp³-hybridized carbons (Fsp3) is 0.571. The van der Waals surface area contributed by atoms with E-state index in [-0.39, 0.29) is 46.7 Å². The van der Waals surface area contributed by atoms with Crippen LogP contribution in [0.3, 0.4) is 0 Å². The minimum Gasteiger partial charge on any atom is -0.502 e. The van der Waals surface area contributed by atoms with Gasteiger partial charge in [0.05, 0.1) is 60.0 Å². The van der Waals surface area contributed by atoms with Gasteiger partial charge in [0.25, 0.3) is 0 Å². The van der Waals surface area contributed by atoms with Crippen molar-refractivity contribution in [1.82, 2.24) is 0 Å². The summed E-state index contributed by atoms with van der Waals surface area (Å²) in [5.74, 6) is 0.680. The van der Waals surface area contributed by atoms with Crippen LogP contribution in [0.15, 0.2) is 24.3 Å². The number of phenolic OH excluding ortho intramolecular Hbond substituents is 1. The summed E-state index contributed by atoms with van der Waals surface area (Å²) in [4.78, 5) is 0. The fourth-order valence-electron chi connectivity index (χ4n) is 5.84. The number of phenols is 1. The van der Waals surface area contributed by atoms with Gasteiger partial charge in [0, 0.05) is 17.4 Å². The van der Waals surface area contributed by atoms with Gasteiger partial charge in [0.15, 0.2) is 23.0 Å². The van der Waals surface area contributed by atoms with Crippen LogP contribution in [0.5, 0.6) is 28.7 Å². The van der Waals surface area contributed by atoms with Crippen molar-refractivity contribution in [2.45, 2.75) is 49.5 Å². The molecule has 41 heavy (non-hydrogen) atoms. The molecule has 3 heterocycles. The topological polar surface area (TPSA) is 186 Å². The molecule has 6 N–H and O–H groups in total. The second-order valence-electron chi connectivity index (χ2n) is 10.3. The van der Waals surface area contributed by atoms with E-state index in [1.54, 1.807) is 24.3 Å². The minimum atomic E-state index is -1.63. The lowest BCUT2D eigenvalue weighted by Gasteiger charge is -2.39. The van der Waals surface area contributed by atoms with Gasteiger partial charge in [-0.3, -0.25) is 0 Å². The molecule has 0 radical (unpaired) electrons. The molecule has 0 aliphatic carbocycles. The Kier molecular flexibility index (Phi) is 8.78. The van der Waals surface area contributed by atoms with Crippen LogP contribution in [0.4, 0.5) is 0 Å². The Hall–Kier alpha value is -2.88. The predicted molar refractivity (Wildman–Crippen MR) is 139 cm³/mol. The number of aliphatic hydroxyl groups excluding tert-OH is 5. The second-order valence-corrected chi connectivity index (χ2v) is 10.3. The highest BCUT2D eigenvalue weighted by atomic mass is 16.7. The molecule has 3 aliphatic rings. The molecule has 2 aromatic rings. The molecule has 5 rings (SSSR count). The lowest BCUT2D eigenvalue weighted by atomic mass is 9.84. The Labute approximate surface area is 236 Å². The first-order valence-corrected chi connectivity index (χ1v) is 13.2. The summed E-state index contributed by atoms with van der Waals surface area (Å²) >= 11 is 0. The molecule has 7 unspecified atom stereocenters. The van der Waals surface area contributed by atoms with Crippen LogP contribution in [-0.4, -0.2) is 102 Å². The lowest BCUT2D eigenvalue weighted by Crippen LogP contribution is -2.60. The zero-order chi connectivity index (χ0) is 29.4. The minimum absolute atomic E-state index is 0.0208. The van der Waals surface area contributed by atoms with E-state index in [0.717, 1.165) is 5.56 Å². The van der Waals surface area contributed by atoms with E-state index in [0.29, 0.717) is 24.3 Å². The highest BCUT2D eigenvalue weighted by molar-refractivity contribution is 5.54. The van der Waals surface area contributed by atoms with Gasteiger partial charge in [0.2, 0.25) is 12.0 Å². The van der Waals surface area contributed by atoms with E-state index in [2.05, 4.69) is 0 Å². The molecule has 3 fully saturated rings. The molecular formula is C28H36O13. The Balaban J connectivity index is 1.40. The van der Waals surface area contributed by atoms with E-state index in [9.17, 15) is 30.6 Å². The Morgan fingerprint density at radius 2 is 1.29 bits per heavy atom. The number of benzene rings is 2. The SMILES string of the molecule is COc1cc(C2OC[C@@H]3C(c4cc(CO)c(OC5OC(CO)C(O)C(O)C5O)c(OC)c4)OC[C@H]23)cc(OC)c1O. The molecule has 13 heteroatoms. The molecule has 0 amide bonds. The monoisotopic (exact) mass is 580 g/mol. The van der Waals surface area contributed by atoms with Crippen molar-refractivity contribution in [2.75, 3.05) is 41.2 Å². The van der Waals surface area contributed by atoms with Crippen LogP contribution in [-0.2, 0) is 20.8 Å². The van der Waals surface area contributed by atoms with Crippen molar-refractivity contribution in [2.24, 2.45) is 11.8 Å². The van der Waals surface area contributed by atoms with E-state index in [1.165, 1.54) is 21.3 Å². The van der Waals surface area contributed by atoms with Gasteiger partial charge in [-0.15, -0.1) is 0 Å². The summed E-state index contributed by atoms with van der Waals surface area (Å²) in [5.41, 5.74) is 1.81. The highest BCUT2D eigenvalue weighted by Gasteiger charge is 2.49. The van der Waals surface area contributed by atoms with E-state index >= 15 is 0 Å². The van der Waals surface area contributed by atoms with Crippen molar-refractivity contribution >= 4 is 0 Å². The van der Waals surface area contributed by atoms with Gasteiger partial charge in [-0.05, 0) is 35.4 Å². The first kappa shape index (κ1) is 29.6. The predicted octanol–water partition coefficient (Wildman–Crippen LogP) is 0.164. The summed E-state index contributed by atoms with van der Waals surface area (Å²) < 4.78 is 39.9. The van der Waals surface area contributed by atoms with Crippen LogP contribution < -0.4 is 18.9 Å². The summed E-state index contributed by atoms with van der Waals surface area (Å²) in [6.07, 6.45) is -8.13. The molecule has 0 spiro atoms. The van der Waals surface area contributed by atoms with Crippen LogP contribution >= 0.6 is 0 Å². The molecule has 0 saturated carbocycles.